The summed E-state index contributed by atoms with van der Waals surface area (Å²) < 4.78 is 11.4. The maximum atomic E-state index is 5.93. The number of rotatable bonds is 5. The fraction of sp³-hybridized carbons (Fsp3) is 1.00. The summed E-state index contributed by atoms with van der Waals surface area (Å²) in [6, 6.07) is 0.260. The van der Waals surface area contributed by atoms with Crippen LogP contribution in [0.3, 0.4) is 0 Å². The van der Waals surface area contributed by atoms with Crippen LogP contribution in [0.1, 0.15) is 51.9 Å². The Balaban J connectivity index is 2.08. The highest BCUT2D eigenvalue weighted by Crippen LogP contribution is 2.39. The van der Waals surface area contributed by atoms with E-state index < -0.39 is 0 Å². The van der Waals surface area contributed by atoms with Crippen molar-refractivity contribution in [2.45, 2.75) is 63.5 Å². The van der Waals surface area contributed by atoms with Gasteiger partial charge in [-0.1, -0.05) is 26.2 Å². The monoisotopic (exact) mass is 270 g/mol. The maximum absolute atomic E-state index is 5.93. The molecule has 0 radical (unpaired) electrons. The Morgan fingerprint density at radius 3 is 2.68 bits per heavy atom. The van der Waals surface area contributed by atoms with Crippen molar-refractivity contribution >= 4 is 0 Å². The van der Waals surface area contributed by atoms with E-state index in [1.165, 1.54) is 32.1 Å². The van der Waals surface area contributed by atoms with Gasteiger partial charge in [0.2, 0.25) is 0 Å². The predicted molar refractivity (Wildman–Crippen MR) is 76.6 cm³/mol. The van der Waals surface area contributed by atoms with Crippen LogP contribution in [0.5, 0.6) is 0 Å². The first-order valence-electron chi connectivity index (χ1n) is 7.84. The second-order valence-electron chi connectivity index (χ2n) is 6.23. The Hall–Kier alpha value is -0.160. The second kappa shape index (κ2) is 7.02. The Kier molecular flexibility index (Phi) is 5.63. The molecule has 3 atom stereocenters. The lowest BCUT2D eigenvalue weighted by Crippen LogP contribution is -2.60. The molecule has 1 aliphatic heterocycles. The van der Waals surface area contributed by atoms with Crippen molar-refractivity contribution in [3.63, 3.8) is 0 Å². The summed E-state index contributed by atoms with van der Waals surface area (Å²) in [6.45, 7) is 3.88. The van der Waals surface area contributed by atoms with Crippen LogP contribution in [0.15, 0.2) is 0 Å². The number of hydrogen-bond acceptors (Lipinski definition) is 4. The molecule has 1 saturated heterocycles. The molecule has 2 fully saturated rings. The molecule has 2 rings (SSSR count). The van der Waals surface area contributed by atoms with Crippen LogP contribution in [0.25, 0.3) is 0 Å². The second-order valence-corrected chi connectivity index (χ2v) is 6.23. The van der Waals surface area contributed by atoms with Gasteiger partial charge in [0.25, 0.3) is 0 Å². The van der Waals surface area contributed by atoms with E-state index >= 15 is 0 Å². The lowest BCUT2D eigenvalue weighted by molar-refractivity contribution is -0.124. The third-order valence-electron chi connectivity index (χ3n) is 5.36. The zero-order valence-corrected chi connectivity index (χ0v) is 12.5. The van der Waals surface area contributed by atoms with Gasteiger partial charge in [0, 0.05) is 33.2 Å². The van der Waals surface area contributed by atoms with Crippen molar-refractivity contribution < 1.29 is 9.47 Å². The predicted octanol–water partition coefficient (Wildman–Crippen LogP) is 2.23. The van der Waals surface area contributed by atoms with Crippen molar-refractivity contribution in [3.8, 4) is 0 Å². The van der Waals surface area contributed by atoms with Crippen molar-refractivity contribution in [2.24, 2.45) is 17.7 Å². The number of hydrazine groups is 1. The average Bonchev–Trinajstić information content (AvgIpc) is 2.49. The molecule has 3 N–H and O–H groups in total. The maximum Gasteiger partial charge on any atom is 0.0890 e. The molecule has 1 saturated carbocycles. The zero-order valence-electron chi connectivity index (χ0n) is 12.5. The minimum atomic E-state index is -0.132. The zero-order chi connectivity index (χ0) is 13.7. The Labute approximate surface area is 117 Å². The van der Waals surface area contributed by atoms with Gasteiger partial charge in [-0.25, -0.2) is 0 Å². The van der Waals surface area contributed by atoms with Crippen LogP contribution in [-0.2, 0) is 9.47 Å². The molecule has 0 aromatic heterocycles. The van der Waals surface area contributed by atoms with E-state index in [1.54, 1.807) is 0 Å². The minimum absolute atomic E-state index is 0.132. The van der Waals surface area contributed by atoms with Gasteiger partial charge in [0.1, 0.15) is 0 Å². The van der Waals surface area contributed by atoms with Crippen molar-refractivity contribution in [2.75, 3.05) is 20.3 Å². The molecule has 0 spiro atoms. The van der Waals surface area contributed by atoms with E-state index in [4.69, 9.17) is 15.3 Å². The Morgan fingerprint density at radius 2 is 2.11 bits per heavy atom. The SMILES string of the molecule is CCC1CCCC(C(NN)C2(OC)CCOCC2)C1. The normalized spacial score (nSPS) is 33.0. The smallest absolute Gasteiger partial charge is 0.0890 e. The van der Waals surface area contributed by atoms with Crippen LogP contribution >= 0.6 is 0 Å². The van der Waals surface area contributed by atoms with E-state index in [2.05, 4.69) is 12.3 Å². The lowest BCUT2D eigenvalue weighted by Gasteiger charge is -2.47. The van der Waals surface area contributed by atoms with Crippen LogP contribution in [0.2, 0.25) is 0 Å². The van der Waals surface area contributed by atoms with Crippen LogP contribution in [0.4, 0.5) is 0 Å². The topological polar surface area (TPSA) is 56.5 Å². The molecule has 0 aromatic rings. The van der Waals surface area contributed by atoms with E-state index in [-0.39, 0.29) is 11.6 Å². The van der Waals surface area contributed by atoms with Gasteiger partial charge < -0.3 is 9.47 Å². The van der Waals surface area contributed by atoms with Crippen molar-refractivity contribution in [1.29, 1.82) is 0 Å². The standard InChI is InChI=1S/C15H30N2O2/c1-3-12-5-4-6-13(11-12)14(17-16)15(18-2)7-9-19-10-8-15/h12-14,17H,3-11,16H2,1-2H3. The van der Waals surface area contributed by atoms with E-state index in [9.17, 15) is 0 Å². The molecule has 2 aliphatic rings. The summed E-state index contributed by atoms with van der Waals surface area (Å²) in [5, 5.41) is 0. The van der Waals surface area contributed by atoms with Gasteiger partial charge in [-0.15, -0.1) is 0 Å². The molecular weight excluding hydrogens is 240 g/mol. The first-order valence-corrected chi connectivity index (χ1v) is 7.84. The average molecular weight is 270 g/mol. The molecule has 19 heavy (non-hydrogen) atoms. The number of methoxy groups -OCH3 is 1. The molecule has 112 valence electrons. The van der Waals surface area contributed by atoms with Gasteiger partial charge in [-0.3, -0.25) is 11.3 Å². The molecule has 1 aliphatic carbocycles. The van der Waals surface area contributed by atoms with Crippen molar-refractivity contribution in [3.05, 3.63) is 0 Å². The summed E-state index contributed by atoms with van der Waals surface area (Å²) in [5.74, 6) is 7.42. The third kappa shape index (κ3) is 3.30. The first-order chi connectivity index (χ1) is 9.25. The lowest BCUT2D eigenvalue weighted by atomic mass is 9.70. The quantitative estimate of drug-likeness (QED) is 0.594. The summed E-state index contributed by atoms with van der Waals surface area (Å²) in [5.41, 5.74) is 2.97. The van der Waals surface area contributed by atoms with Crippen LogP contribution in [0, 0.1) is 11.8 Å². The summed E-state index contributed by atoms with van der Waals surface area (Å²) in [7, 11) is 1.83. The molecule has 0 bridgehead atoms. The van der Waals surface area contributed by atoms with Gasteiger partial charge in [-0.05, 0) is 24.7 Å². The minimum Gasteiger partial charge on any atom is -0.381 e. The van der Waals surface area contributed by atoms with Gasteiger partial charge in [0.05, 0.1) is 11.6 Å². The highest BCUT2D eigenvalue weighted by atomic mass is 16.5. The largest absolute Gasteiger partial charge is 0.381 e. The highest BCUT2D eigenvalue weighted by molar-refractivity contribution is 4.98. The van der Waals surface area contributed by atoms with Gasteiger partial charge >= 0.3 is 0 Å². The number of nitrogens with one attached hydrogen (secondary N) is 1. The van der Waals surface area contributed by atoms with Gasteiger partial charge in [0.15, 0.2) is 0 Å². The number of hydrogen-bond donors (Lipinski definition) is 2. The molecule has 1 heterocycles. The van der Waals surface area contributed by atoms with Crippen molar-refractivity contribution in [1.82, 2.24) is 5.43 Å². The summed E-state index contributed by atoms with van der Waals surface area (Å²) in [6.07, 6.45) is 8.47. The van der Waals surface area contributed by atoms with E-state index in [1.807, 2.05) is 7.11 Å². The van der Waals surface area contributed by atoms with E-state index in [0.29, 0.717) is 5.92 Å². The third-order valence-corrected chi connectivity index (χ3v) is 5.36. The first kappa shape index (κ1) is 15.2. The molecule has 4 heteroatoms. The fourth-order valence-electron chi connectivity index (χ4n) is 4.08. The highest BCUT2D eigenvalue weighted by Gasteiger charge is 2.44. The number of nitrogens with two attached hydrogens (primary N) is 1. The summed E-state index contributed by atoms with van der Waals surface area (Å²) >= 11 is 0. The molecule has 4 nitrogen and oxygen atoms in total. The molecule has 3 unspecified atom stereocenters. The number of ether oxygens (including phenoxy) is 2. The Morgan fingerprint density at radius 1 is 1.37 bits per heavy atom. The molecule has 0 amide bonds. The van der Waals surface area contributed by atoms with Gasteiger partial charge in [-0.2, -0.15) is 0 Å². The van der Waals surface area contributed by atoms with E-state index in [0.717, 1.165) is 32.0 Å². The fourth-order valence-corrected chi connectivity index (χ4v) is 4.08. The summed E-state index contributed by atoms with van der Waals surface area (Å²) in [4.78, 5) is 0. The van der Waals surface area contributed by atoms with Crippen LogP contribution in [-0.4, -0.2) is 32.0 Å². The molecular formula is C15H30N2O2. The van der Waals surface area contributed by atoms with Crippen LogP contribution < -0.4 is 11.3 Å². The Bertz CT molecular complexity index is 267. The molecule has 0 aromatic carbocycles.